The average Bonchev–Trinajstić information content (AvgIpc) is 3.04. The van der Waals surface area contributed by atoms with Gasteiger partial charge in [0.2, 0.25) is 0 Å². The van der Waals surface area contributed by atoms with Crippen molar-refractivity contribution in [3.63, 3.8) is 0 Å². The molecular formula is C23H28N4O5. The molecule has 170 valence electrons. The summed E-state index contributed by atoms with van der Waals surface area (Å²) in [6.45, 7) is 7.23. The van der Waals surface area contributed by atoms with Crippen LogP contribution in [-0.2, 0) is 25.5 Å². The van der Waals surface area contributed by atoms with Gasteiger partial charge in [-0.05, 0) is 51.8 Å². The Morgan fingerprint density at radius 2 is 1.88 bits per heavy atom. The van der Waals surface area contributed by atoms with Crippen LogP contribution in [-0.4, -0.2) is 47.0 Å². The van der Waals surface area contributed by atoms with Gasteiger partial charge in [-0.2, -0.15) is 5.10 Å². The van der Waals surface area contributed by atoms with Gasteiger partial charge in [-0.3, -0.25) is 4.79 Å². The van der Waals surface area contributed by atoms with E-state index < -0.39 is 24.0 Å². The second-order valence-corrected chi connectivity index (χ2v) is 7.49. The van der Waals surface area contributed by atoms with Gasteiger partial charge < -0.3 is 20.1 Å². The molecule has 3 rings (SSSR count). The van der Waals surface area contributed by atoms with Crippen LogP contribution in [0.1, 0.15) is 37.2 Å². The largest absolute Gasteiger partial charge is 0.463 e. The van der Waals surface area contributed by atoms with E-state index >= 15 is 0 Å². The number of benzene rings is 1. The molecule has 2 N–H and O–H groups in total. The molecule has 1 atom stereocenters. The van der Waals surface area contributed by atoms with Crippen molar-refractivity contribution >= 4 is 18.0 Å². The monoisotopic (exact) mass is 440 g/mol. The van der Waals surface area contributed by atoms with Gasteiger partial charge in [-0.25, -0.2) is 14.3 Å². The molecule has 0 spiro atoms. The summed E-state index contributed by atoms with van der Waals surface area (Å²) in [4.78, 5) is 36.5. The predicted octanol–water partition coefficient (Wildman–Crippen LogP) is 2.48. The maximum absolute atomic E-state index is 12.4. The lowest BCUT2D eigenvalue weighted by Gasteiger charge is -2.26. The van der Waals surface area contributed by atoms with Crippen molar-refractivity contribution in [1.82, 2.24) is 20.4 Å². The van der Waals surface area contributed by atoms with Crippen molar-refractivity contribution in [2.45, 2.75) is 46.6 Å². The van der Waals surface area contributed by atoms with Gasteiger partial charge in [-0.1, -0.05) is 18.2 Å². The number of nitrogens with one attached hydrogen (secondary N) is 2. The van der Waals surface area contributed by atoms with E-state index in [0.717, 1.165) is 22.6 Å². The molecule has 9 heteroatoms. The number of rotatable bonds is 8. The summed E-state index contributed by atoms with van der Waals surface area (Å²) in [5, 5.41) is 9.74. The Kier molecular flexibility index (Phi) is 7.29. The minimum atomic E-state index is -0.557. The fourth-order valence-corrected chi connectivity index (χ4v) is 3.70. The molecule has 0 bridgehead atoms. The molecule has 0 unspecified atom stereocenters. The van der Waals surface area contributed by atoms with Crippen LogP contribution in [0.2, 0.25) is 0 Å². The maximum Gasteiger partial charge on any atom is 0.338 e. The summed E-state index contributed by atoms with van der Waals surface area (Å²) in [6.07, 6.45) is 0.614. The van der Waals surface area contributed by atoms with E-state index in [9.17, 15) is 14.4 Å². The van der Waals surface area contributed by atoms with Gasteiger partial charge >= 0.3 is 18.0 Å². The van der Waals surface area contributed by atoms with Gasteiger partial charge in [0.1, 0.15) is 6.61 Å². The highest BCUT2D eigenvalue weighted by Crippen LogP contribution is 2.20. The van der Waals surface area contributed by atoms with Gasteiger partial charge in [0.05, 0.1) is 35.3 Å². The molecular weight excluding hydrogens is 412 g/mol. The van der Waals surface area contributed by atoms with Gasteiger partial charge in [0, 0.05) is 12.1 Å². The number of para-hydroxylation sites is 1. The Bertz CT molecular complexity index is 1040. The Morgan fingerprint density at radius 1 is 1.16 bits per heavy atom. The Morgan fingerprint density at radius 3 is 2.56 bits per heavy atom. The second kappa shape index (κ2) is 10.1. The number of carbonyl (C=O) groups is 3. The number of carbonyl (C=O) groups excluding carboxylic acids is 3. The lowest BCUT2D eigenvalue weighted by molar-refractivity contribution is -0.143. The van der Waals surface area contributed by atoms with Crippen molar-refractivity contribution in [1.29, 1.82) is 0 Å². The fraction of sp³-hybridized carbons (Fsp3) is 0.391. The van der Waals surface area contributed by atoms with Crippen molar-refractivity contribution in [3.8, 4) is 5.69 Å². The summed E-state index contributed by atoms with van der Waals surface area (Å²) < 4.78 is 12.3. The summed E-state index contributed by atoms with van der Waals surface area (Å²) in [6, 6.07) is 8.77. The standard InChI is InChI=1S/C23H28N4O5/c1-5-31-22(29)21-15(3)24-23(30)25-19(21)13-32-20(28)12-11-18-14(2)26-27(16(18)4)17-9-7-6-8-10-17/h6-10,15H,5,11-13H2,1-4H3,(H2,24,25,30)/t15-/m1/s1. The topological polar surface area (TPSA) is 112 Å². The summed E-state index contributed by atoms with van der Waals surface area (Å²) in [5.74, 6) is -0.995. The quantitative estimate of drug-likeness (QED) is 0.610. The van der Waals surface area contributed by atoms with Crippen LogP contribution in [0, 0.1) is 13.8 Å². The number of amides is 2. The molecule has 2 heterocycles. The van der Waals surface area contributed by atoms with E-state index in [0.29, 0.717) is 6.42 Å². The van der Waals surface area contributed by atoms with E-state index in [4.69, 9.17) is 9.47 Å². The Hall–Kier alpha value is -3.62. The lowest BCUT2D eigenvalue weighted by Crippen LogP contribution is -2.50. The first kappa shape index (κ1) is 23.1. The van der Waals surface area contributed by atoms with E-state index in [1.807, 2.05) is 48.9 Å². The lowest BCUT2D eigenvalue weighted by atomic mass is 10.0. The number of esters is 2. The number of hydrogen-bond acceptors (Lipinski definition) is 6. The number of hydrogen-bond donors (Lipinski definition) is 2. The highest BCUT2D eigenvalue weighted by atomic mass is 16.5. The zero-order valence-corrected chi connectivity index (χ0v) is 18.7. The summed E-state index contributed by atoms with van der Waals surface area (Å²) >= 11 is 0. The van der Waals surface area contributed by atoms with Crippen molar-refractivity contribution in [2.24, 2.45) is 0 Å². The molecule has 0 radical (unpaired) electrons. The molecule has 2 aromatic rings. The van der Waals surface area contributed by atoms with E-state index in [1.165, 1.54) is 0 Å². The van der Waals surface area contributed by atoms with Crippen LogP contribution >= 0.6 is 0 Å². The predicted molar refractivity (Wildman–Crippen MR) is 117 cm³/mol. The molecule has 9 nitrogen and oxygen atoms in total. The van der Waals surface area contributed by atoms with Crippen LogP contribution in [0.5, 0.6) is 0 Å². The number of aromatic nitrogens is 2. The van der Waals surface area contributed by atoms with E-state index in [-0.39, 0.29) is 30.9 Å². The zero-order valence-electron chi connectivity index (χ0n) is 18.7. The molecule has 0 saturated heterocycles. The highest BCUT2D eigenvalue weighted by molar-refractivity contribution is 5.94. The molecule has 1 aliphatic heterocycles. The highest BCUT2D eigenvalue weighted by Gasteiger charge is 2.30. The minimum Gasteiger partial charge on any atom is -0.463 e. The number of urea groups is 1. The number of nitrogens with zero attached hydrogens (tertiary/aromatic N) is 2. The first-order valence-electron chi connectivity index (χ1n) is 10.6. The van der Waals surface area contributed by atoms with E-state index in [2.05, 4.69) is 15.7 Å². The minimum absolute atomic E-state index is 0.145. The molecule has 0 fully saturated rings. The smallest absolute Gasteiger partial charge is 0.338 e. The van der Waals surface area contributed by atoms with Crippen LogP contribution in [0.4, 0.5) is 4.79 Å². The first-order valence-corrected chi connectivity index (χ1v) is 10.6. The fourth-order valence-electron chi connectivity index (χ4n) is 3.70. The van der Waals surface area contributed by atoms with Gasteiger partial charge in [0.25, 0.3) is 0 Å². The molecule has 1 aromatic heterocycles. The third kappa shape index (κ3) is 5.16. The van der Waals surface area contributed by atoms with E-state index in [1.54, 1.807) is 13.8 Å². The van der Waals surface area contributed by atoms with Gasteiger partial charge in [-0.15, -0.1) is 0 Å². The number of ether oxygens (including phenoxy) is 2. The molecule has 0 aliphatic carbocycles. The van der Waals surface area contributed by atoms with Crippen LogP contribution in [0.3, 0.4) is 0 Å². The third-order valence-electron chi connectivity index (χ3n) is 5.26. The zero-order chi connectivity index (χ0) is 23.3. The molecule has 1 aliphatic rings. The SMILES string of the molecule is CCOC(=O)C1=C(COC(=O)CCc2c(C)nn(-c3ccccc3)c2C)NC(=O)N[C@@H]1C. The molecule has 1 aromatic carbocycles. The van der Waals surface area contributed by atoms with Crippen LogP contribution in [0.25, 0.3) is 5.69 Å². The summed E-state index contributed by atoms with van der Waals surface area (Å²) in [7, 11) is 0. The number of aryl methyl sites for hydroxylation is 1. The normalized spacial score (nSPS) is 15.8. The molecule has 32 heavy (non-hydrogen) atoms. The third-order valence-corrected chi connectivity index (χ3v) is 5.26. The summed E-state index contributed by atoms with van der Waals surface area (Å²) in [5.41, 5.74) is 4.24. The Labute approximate surface area is 186 Å². The Balaban J connectivity index is 1.65. The van der Waals surface area contributed by atoms with Crippen molar-refractivity contribution in [3.05, 3.63) is 58.6 Å². The molecule has 0 saturated carbocycles. The molecule has 2 amide bonds. The van der Waals surface area contributed by atoms with Crippen LogP contribution < -0.4 is 10.6 Å². The van der Waals surface area contributed by atoms with Crippen LogP contribution in [0.15, 0.2) is 41.6 Å². The van der Waals surface area contributed by atoms with Crippen molar-refractivity contribution in [2.75, 3.05) is 13.2 Å². The first-order chi connectivity index (χ1) is 15.3. The van der Waals surface area contributed by atoms with Crippen molar-refractivity contribution < 1.29 is 23.9 Å². The average molecular weight is 441 g/mol. The maximum atomic E-state index is 12.4. The second-order valence-electron chi connectivity index (χ2n) is 7.49. The van der Waals surface area contributed by atoms with Gasteiger partial charge in [0.15, 0.2) is 0 Å².